The lowest BCUT2D eigenvalue weighted by Crippen LogP contribution is -2.26. The number of aromatic nitrogens is 2. The van der Waals surface area contributed by atoms with E-state index in [1.54, 1.807) is 24.3 Å². The number of primary sulfonamides is 1. The number of furan rings is 1. The summed E-state index contributed by atoms with van der Waals surface area (Å²) in [7, 11) is -3.70. The molecule has 9 heteroatoms. The molecule has 136 valence electrons. The van der Waals surface area contributed by atoms with E-state index in [-0.39, 0.29) is 16.5 Å². The van der Waals surface area contributed by atoms with Crippen molar-refractivity contribution in [2.75, 3.05) is 6.54 Å². The van der Waals surface area contributed by atoms with Gasteiger partial charge in [0.15, 0.2) is 11.5 Å². The summed E-state index contributed by atoms with van der Waals surface area (Å²) < 4.78 is 27.9. The number of nitrogens with zero attached hydrogens (tertiary/aromatic N) is 1. The van der Waals surface area contributed by atoms with Crippen molar-refractivity contribution in [3.05, 3.63) is 59.5 Å². The Kier molecular flexibility index (Phi) is 4.92. The minimum atomic E-state index is -3.70. The van der Waals surface area contributed by atoms with Crippen LogP contribution < -0.4 is 10.5 Å². The van der Waals surface area contributed by atoms with Gasteiger partial charge in [-0.1, -0.05) is 12.1 Å². The second-order valence-electron chi connectivity index (χ2n) is 5.77. The Morgan fingerprint density at radius 2 is 1.96 bits per heavy atom. The van der Waals surface area contributed by atoms with Crippen molar-refractivity contribution in [1.82, 2.24) is 15.5 Å². The molecular formula is C17H18N4O4S. The van der Waals surface area contributed by atoms with Crippen LogP contribution in [0, 0.1) is 6.92 Å². The molecule has 3 aromatic rings. The van der Waals surface area contributed by atoms with E-state index in [0.29, 0.717) is 24.4 Å². The molecule has 2 aromatic heterocycles. The summed E-state index contributed by atoms with van der Waals surface area (Å²) in [6, 6.07) is 11.5. The molecule has 26 heavy (non-hydrogen) atoms. The minimum Gasteiger partial charge on any atom is -0.460 e. The number of sulfonamides is 1. The second-order valence-corrected chi connectivity index (χ2v) is 7.33. The molecule has 4 N–H and O–H groups in total. The van der Waals surface area contributed by atoms with E-state index in [1.807, 2.05) is 13.0 Å². The van der Waals surface area contributed by atoms with Gasteiger partial charge in [0.2, 0.25) is 10.0 Å². The Bertz CT molecular complexity index is 1020. The summed E-state index contributed by atoms with van der Waals surface area (Å²) in [5, 5.41) is 14.6. The fourth-order valence-electron chi connectivity index (χ4n) is 2.40. The van der Waals surface area contributed by atoms with E-state index in [4.69, 9.17) is 9.56 Å². The van der Waals surface area contributed by atoms with Crippen LogP contribution in [0.1, 0.15) is 21.8 Å². The van der Waals surface area contributed by atoms with Crippen LogP contribution in [-0.2, 0) is 16.4 Å². The molecule has 1 aromatic carbocycles. The third-order valence-corrected chi connectivity index (χ3v) is 4.70. The average Bonchev–Trinajstić information content (AvgIpc) is 3.23. The Morgan fingerprint density at radius 1 is 1.23 bits per heavy atom. The van der Waals surface area contributed by atoms with Gasteiger partial charge in [0.1, 0.15) is 11.5 Å². The molecule has 0 fully saturated rings. The average molecular weight is 374 g/mol. The molecule has 0 aliphatic carbocycles. The van der Waals surface area contributed by atoms with Gasteiger partial charge in [-0.25, -0.2) is 13.6 Å². The molecule has 0 aliphatic rings. The molecule has 0 unspecified atom stereocenters. The van der Waals surface area contributed by atoms with Gasteiger partial charge in [-0.05, 0) is 43.2 Å². The molecule has 0 saturated carbocycles. The predicted molar refractivity (Wildman–Crippen MR) is 94.9 cm³/mol. The Hall–Kier alpha value is -2.91. The summed E-state index contributed by atoms with van der Waals surface area (Å²) in [4.78, 5) is 12.2. The zero-order valence-corrected chi connectivity index (χ0v) is 14.8. The lowest BCUT2D eigenvalue weighted by Gasteiger charge is -2.04. The number of amides is 1. The SMILES string of the molecule is Cc1ccc(-c2cc(C(=O)NCCc3ccc(S(N)(=O)=O)cc3)n[nH]2)o1. The Balaban J connectivity index is 1.55. The van der Waals surface area contributed by atoms with Crippen LogP contribution in [0.25, 0.3) is 11.5 Å². The molecule has 0 radical (unpaired) electrons. The summed E-state index contributed by atoms with van der Waals surface area (Å²) in [5.41, 5.74) is 1.77. The van der Waals surface area contributed by atoms with Crippen LogP contribution in [0.5, 0.6) is 0 Å². The van der Waals surface area contributed by atoms with Crippen molar-refractivity contribution in [3.8, 4) is 11.5 Å². The molecule has 2 heterocycles. The zero-order chi connectivity index (χ0) is 18.7. The Labute approximate surface area is 150 Å². The number of aryl methyl sites for hydroxylation is 1. The number of nitrogens with two attached hydrogens (primary N) is 1. The predicted octanol–water partition coefficient (Wildman–Crippen LogP) is 1.60. The van der Waals surface area contributed by atoms with E-state index in [0.717, 1.165) is 11.3 Å². The van der Waals surface area contributed by atoms with Gasteiger partial charge in [0, 0.05) is 12.6 Å². The number of carbonyl (C=O) groups excluding carboxylic acids is 1. The van der Waals surface area contributed by atoms with Crippen LogP contribution in [-0.4, -0.2) is 31.1 Å². The van der Waals surface area contributed by atoms with Crippen LogP contribution in [0.3, 0.4) is 0 Å². The van der Waals surface area contributed by atoms with Gasteiger partial charge in [-0.15, -0.1) is 0 Å². The first-order chi connectivity index (χ1) is 12.3. The number of benzene rings is 1. The highest BCUT2D eigenvalue weighted by Gasteiger charge is 2.13. The highest BCUT2D eigenvalue weighted by Crippen LogP contribution is 2.20. The van der Waals surface area contributed by atoms with Crippen LogP contribution in [0.4, 0.5) is 0 Å². The smallest absolute Gasteiger partial charge is 0.271 e. The fraction of sp³-hybridized carbons (Fsp3) is 0.176. The summed E-state index contributed by atoms with van der Waals surface area (Å²) in [6.07, 6.45) is 0.547. The molecule has 0 aliphatic heterocycles. The fourth-order valence-corrected chi connectivity index (χ4v) is 2.92. The van der Waals surface area contributed by atoms with E-state index in [2.05, 4.69) is 15.5 Å². The van der Waals surface area contributed by atoms with Crippen molar-refractivity contribution < 1.29 is 17.6 Å². The number of H-pyrrole nitrogens is 1. The van der Waals surface area contributed by atoms with Crippen molar-refractivity contribution in [2.45, 2.75) is 18.2 Å². The third kappa shape index (κ3) is 4.19. The van der Waals surface area contributed by atoms with Crippen molar-refractivity contribution in [2.24, 2.45) is 5.14 Å². The number of aromatic amines is 1. The maximum Gasteiger partial charge on any atom is 0.271 e. The van der Waals surface area contributed by atoms with Gasteiger partial charge < -0.3 is 9.73 Å². The number of hydrogen-bond donors (Lipinski definition) is 3. The minimum absolute atomic E-state index is 0.0579. The molecule has 1 amide bonds. The van der Waals surface area contributed by atoms with E-state index in [1.165, 1.54) is 12.1 Å². The lowest BCUT2D eigenvalue weighted by molar-refractivity contribution is 0.0949. The quantitative estimate of drug-likeness (QED) is 0.603. The van der Waals surface area contributed by atoms with Gasteiger partial charge in [-0.2, -0.15) is 5.10 Å². The zero-order valence-electron chi connectivity index (χ0n) is 14.0. The first-order valence-electron chi connectivity index (χ1n) is 7.85. The van der Waals surface area contributed by atoms with Gasteiger partial charge in [-0.3, -0.25) is 9.89 Å². The number of nitrogens with one attached hydrogen (secondary N) is 2. The monoisotopic (exact) mass is 374 g/mol. The van der Waals surface area contributed by atoms with Crippen molar-refractivity contribution >= 4 is 15.9 Å². The number of carbonyl (C=O) groups is 1. The molecule has 0 bridgehead atoms. The number of rotatable bonds is 6. The molecular weight excluding hydrogens is 356 g/mol. The highest BCUT2D eigenvalue weighted by atomic mass is 32.2. The van der Waals surface area contributed by atoms with Gasteiger partial charge in [0.25, 0.3) is 5.91 Å². The molecule has 3 rings (SSSR count). The standard InChI is InChI=1S/C17H18N4O4S/c1-11-2-7-16(25-11)14-10-15(21-20-14)17(22)19-9-8-12-3-5-13(6-4-12)26(18,23)24/h2-7,10H,8-9H2,1H3,(H,19,22)(H,20,21)(H2,18,23,24). The first-order valence-corrected chi connectivity index (χ1v) is 9.40. The van der Waals surface area contributed by atoms with E-state index in [9.17, 15) is 13.2 Å². The Morgan fingerprint density at radius 3 is 2.58 bits per heavy atom. The summed E-state index contributed by atoms with van der Waals surface area (Å²) in [5.74, 6) is 1.08. The molecule has 8 nitrogen and oxygen atoms in total. The van der Waals surface area contributed by atoms with Crippen molar-refractivity contribution in [1.29, 1.82) is 0 Å². The van der Waals surface area contributed by atoms with Crippen LogP contribution in [0.15, 0.2) is 51.8 Å². The second kappa shape index (κ2) is 7.14. The maximum atomic E-state index is 12.2. The van der Waals surface area contributed by atoms with Crippen LogP contribution in [0.2, 0.25) is 0 Å². The van der Waals surface area contributed by atoms with Crippen LogP contribution >= 0.6 is 0 Å². The first kappa shape index (κ1) is 17.9. The maximum absolute atomic E-state index is 12.2. The van der Waals surface area contributed by atoms with Gasteiger partial charge >= 0.3 is 0 Å². The molecule has 0 spiro atoms. The summed E-state index contributed by atoms with van der Waals surface area (Å²) >= 11 is 0. The summed E-state index contributed by atoms with van der Waals surface area (Å²) in [6.45, 7) is 2.22. The van der Waals surface area contributed by atoms with E-state index >= 15 is 0 Å². The number of hydrogen-bond acceptors (Lipinski definition) is 5. The van der Waals surface area contributed by atoms with Gasteiger partial charge in [0.05, 0.1) is 4.90 Å². The third-order valence-electron chi connectivity index (χ3n) is 3.77. The van der Waals surface area contributed by atoms with Crippen molar-refractivity contribution in [3.63, 3.8) is 0 Å². The highest BCUT2D eigenvalue weighted by molar-refractivity contribution is 7.89. The normalized spacial score (nSPS) is 11.5. The largest absolute Gasteiger partial charge is 0.460 e. The van der Waals surface area contributed by atoms with E-state index < -0.39 is 10.0 Å². The molecule has 0 atom stereocenters. The molecule has 0 saturated heterocycles. The topological polar surface area (TPSA) is 131 Å². The lowest BCUT2D eigenvalue weighted by atomic mass is 10.1.